The third-order valence-corrected chi connectivity index (χ3v) is 9.09. The number of hydrogen-bond acceptors (Lipinski definition) is 8. The van der Waals surface area contributed by atoms with Crippen molar-refractivity contribution in [1.82, 2.24) is 0 Å². The van der Waals surface area contributed by atoms with Crippen molar-refractivity contribution < 1.29 is 39.4 Å². The highest BCUT2D eigenvalue weighted by atomic mass is 16.7. The highest BCUT2D eigenvalue weighted by Gasteiger charge is 2.44. The van der Waals surface area contributed by atoms with Gasteiger partial charge in [0.25, 0.3) is 0 Å². The lowest BCUT2D eigenvalue weighted by atomic mass is 9.99. The molecule has 0 radical (unpaired) electrons. The van der Waals surface area contributed by atoms with E-state index in [0.717, 1.165) is 19.3 Å². The van der Waals surface area contributed by atoms with Gasteiger partial charge in [-0.05, 0) is 12.8 Å². The Hall–Kier alpha value is -0.320. The van der Waals surface area contributed by atoms with Gasteiger partial charge < -0.3 is 39.4 Å². The van der Waals surface area contributed by atoms with Crippen molar-refractivity contribution in [2.24, 2.45) is 0 Å². The van der Waals surface area contributed by atoms with Gasteiger partial charge in [0.2, 0.25) is 0 Å². The van der Waals surface area contributed by atoms with Crippen LogP contribution < -0.4 is 0 Å². The maximum atomic E-state index is 10.3. The molecular weight excluding hydrogens is 572 g/mol. The zero-order valence-corrected chi connectivity index (χ0v) is 29.4. The lowest BCUT2D eigenvalue weighted by molar-refractivity contribution is -0.306. The van der Waals surface area contributed by atoms with Gasteiger partial charge >= 0.3 is 0 Å². The van der Waals surface area contributed by atoms with Crippen molar-refractivity contribution in [2.45, 2.75) is 205 Å². The van der Waals surface area contributed by atoms with Crippen LogP contribution in [0.2, 0.25) is 0 Å². The molecule has 1 aliphatic heterocycles. The zero-order chi connectivity index (χ0) is 32.8. The van der Waals surface area contributed by atoms with Crippen molar-refractivity contribution in [1.29, 1.82) is 0 Å². The Bertz CT molecular complexity index is 607. The van der Waals surface area contributed by atoms with Gasteiger partial charge in [-0.15, -0.1) is 0 Å². The summed E-state index contributed by atoms with van der Waals surface area (Å²) in [4.78, 5) is 0. The van der Waals surface area contributed by atoms with E-state index < -0.39 is 37.3 Å². The summed E-state index contributed by atoms with van der Waals surface area (Å²) in [5.41, 5.74) is 0. The summed E-state index contributed by atoms with van der Waals surface area (Å²) < 4.78 is 23.4. The van der Waals surface area contributed by atoms with Crippen LogP contribution in [0.25, 0.3) is 0 Å². The van der Waals surface area contributed by atoms with E-state index in [1.165, 1.54) is 135 Å². The number of hydrogen-bond donors (Lipinski definition) is 4. The second-order valence-electron chi connectivity index (χ2n) is 13.4. The molecule has 0 aromatic rings. The van der Waals surface area contributed by atoms with Gasteiger partial charge in [-0.2, -0.15) is 0 Å². The minimum absolute atomic E-state index is 0.124. The second kappa shape index (κ2) is 31.0. The maximum Gasteiger partial charge on any atom is 0.186 e. The molecule has 0 amide bonds. The molecule has 1 aliphatic rings. The first-order valence-electron chi connectivity index (χ1n) is 19.2. The van der Waals surface area contributed by atoms with Crippen LogP contribution in [0.4, 0.5) is 0 Å². The van der Waals surface area contributed by atoms with E-state index in [4.69, 9.17) is 18.9 Å². The van der Waals surface area contributed by atoms with Gasteiger partial charge in [-0.3, -0.25) is 0 Å². The quantitative estimate of drug-likeness (QED) is 0.0539. The molecule has 270 valence electrons. The summed E-state index contributed by atoms with van der Waals surface area (Å²) in [5.74, 6) is 0. The number of rotatable bonds is 33. The van der Waals surface area contributed by atoms with Crippen molar-refractivity contribution >= 4 is 0 Å². The van der Waals surface area contributed by atoms with E-state index in [0.29, 0.717) is 19.8 Å². The van der Waals surface area contributed by atoms with E-state index in [2.05, 4.69) is 13.8 Å². The third-order valence-electron chi connectivity index (χ3n) is 9.09. The fourth-order valence-corrected chi connectivity index (χ4v) is 6.00. The van der Waals surface area contributed by atoms with Crippen LogP contribution in [0.1, 0.15) is 168 Å². The molecule has 0 unspecified atom stereocenters. The molecule has 0 saturated carbocycles. The summed E-state index contributed by atoms with van der Waals surface area (Å²) >= 11 is 0. The lowest BCUT2D eigenvalue weighted by Crippen LogP contribution is -2.59. The molecule has 0 aromatic carbocycles. The molecule has 45 heavy (non-hydrogen) atoms. The normalized spacial score (nSPS) is 22.7. The summed E-state index contributed by atoms with van der Waals surface area (Å²) in [7, 11) is 0. The van der Waals surface area contributed by atoms with Crippen LogP contribution in [-0.2, 0) is 18.9 Å². The molecule has 1 heterocycles. The smallest absolute Gasteiger partial charge is 0.186 e. The van der Waals surface area contributed by atoms with Crippen LogP contribution >= 0.6 is 0 Å². The van der Waals surface area contributed by atoms with Crippen LogP contribution in [0.5, 0.6) is 0 Å². The summed E-state index contributed by atoms with van der Waals surface area (Å²) in [6, 6.07) is 0. The Kier molecular flexibility index (Phi) is 29.4. The molecule has 0 aromatic heterocycles. The summed E-state index contributed by atoms with van der Waals surface area (Å²) in [6.45, 7) is 5.84. The Balaban J connectivity index is 2.25. The molecule has 1 rings (SSSR count). The van der Waals surface area contributed by atoms with Crippen LogP contribution in [0.3, 0.4) is 0 Å². The SMILES string of the molecule is CCCCCCCCCCCCCCOC[C@H](CO[C@@H]1O[C@H](CO)[C@H](O)[C@H](O)[C@H]1O)OCCCCCCCCCCCCCC. The van der Waals surface area contributed by atoms with E-state index in [1.54, 1.807) is 0 Å². The van der Waals surface area contributed by atoms with Gasteiger partial charge in [0.05, 0.1) is 19.8 Å². The molecule has 0 bridgehead atoms. The molecule has 4 N–H and O–H groups in total. The number of aliphatic hydroxyl groups excluding tert-OH is 4. The van der Waals surface area contributed by atoms with Crippen molar-refractivity contribution in [3.63, 3.8) is 0 Å². The summed E-state index contributed by atoms with van der Waals surface area (Å²) in [6.07, 6.45) is 24.4. The predicted molar refractivity (Wildman–Crippen MR) is 182 cm³/mol. The first-order chi connectivity index (χ1) is 22.0. The lowest BCUT2D eigenvalue weighted by Gasteiger charge is -2.39. The molecule has 0 aliphatic carbocycles. The highest BCUT2D eigenvalue weighted by Crippen LogP contribution is 2.22. The van der Waals surface area contributed by atoms with Crippen LogP contribution in [0, 0.1) is 0 Å². The Morgan fingerprint density at radius 2 is 0.933 bits per heavy atom. The first-order valence-corrected chi connectivity index (χ1v) is 19.2. The Morgan fingerprint density at radius 3 is 1.38 bits per heavy atom. The summed E-state index contributed by atoms with van der Waals surface area (Å²) in [5, 5.41) is 39.9. The van der Waals surface area contributed by atoms with E-state index >= 15 is 0 Å². The average molecular weight is 647 g/mol. The predicted octanol–water partition coefficient (Wildman–Crippen LogP) is 7.61. The molecule has 0 spiro atoms. The van der Waals surface area contributed by atoms with Crippen LogP contribution in [-0.4, -0.2) is 90.3 Å². The van der Waals surface area contributed by atoms with Gasteiger partial charge in [0.15, 0.2) is 6.29 Å². The van der Waals surface area contributed by atoms with Crippen LogP contribution in [0.15, 0.2) is 0 Å². The fraction of sp³-hybridized carbons (Fsp3) is 1.00. The minimum atomic E-state index is -1.46. The first kappa shape index (κ1) is 42.7. The largest absolute Gasteiger partial charge is 0.394 e. The van der Waals surface area contributed by atoms with Gasteiger partial charge in [-0.1, -0.05) is 155 Å². The van der Waals surface area contributed by atoms with Gasteiger partial charge in [-0.25, -0.2) is 0 Å². The molecular formula is C37H74O8. The number of unbranched alkanes of at least 4 members (excludes halogenated alkanes) is 22. The van der Waals surface area contributed by atoms with Crippen molar-refractivity contribution in [2.75, 3.05) is 33.0 Å². The molecule has 8 nitrogen and oxygen atoms in total. The highest BCUT2D eigenvalue weighted by molar-refractivity contribution is 4.89. The van der Waals surface area contributed by atoms with Gasteiger partial charge in [0.1, 0.15) is 30.5 Å². The second-order valence-corrected chi connectivity index (χ2v) is 13.4. The Morgan fingerprint density at radius 1 is 0.511 bits per heavy atom. The van der Waals surface area contributed by atoms with E-state index in [9.17, 15) is 20.4 Å². The molecule has 1 fully saturated rings. The monoisotopic (exact) mass is 647 g/mol. The average Bonchev–Trinajstić information content (AvgIpc) is 3.05. The molecule has 6 atom stereocenters. The number of aliphatic hydroxyl groups is 4. The van der Waals surface area contributed by atoms with E-state index in [1.807, 2.05) is 0 Å². The zero-order valence-electron chi connectivity index (χ0n) is 29.4. The van der Waals surface area contributed by atoms with Crippen molar-refractivity contribution in [3.8, 4) is 0 Å². The fourth-order valence-electron chi connectivity index (χ4n) is 6.00. The van der Waals surface area contributed by atoms with Crippen molar-refractivity contribution in [3.05, 3.63) is 0 Å². The van der Waals surface area contributed by atoms with E-state index in [-0.39, 0.29) is 12.7 Å². The standard InChI is InChI=1S/C37H74O8/c1-3-5-7-9-11-13-15-17-19-21-23-25-27-42-30-32(31-44-37-36(41)35(40)34(39)33(29-38)45-37)43-28-26-24-22-20-18-16-14-12-10-8-6-4-2/h32-41H,3-31H2,1-2H3/t32-,33-,34+,35+,36-,37-/m1/s1. The molecule has 8 heteroatoms. The number of ether oxygens (including phenoxy) is 4. The van der Waals surface area contributed by atoms with Gasteiger partial charge in [0, 0.05) is 13.2 Å². The topological polar surface area (TPSA) is 118 Å². The Labute approximate surface area is 277 Å². The maximum absolute atomic E-state index is 10.3. The third kappa shape index (κ3) is 22.8. The minimum Gasteiger partial charge on any atom is -0.394 e. The molecule has 1 saturated heterocycles.